The molecule has 0 unspecified atom stereocenters. The molecule has 0 radical (unpaired) electrons. The lowest BCUT2D eigenvalue weighted by atomic mass is 10.1. The molecular weight excluding hydrogens is 407 g/mol. The van der Waals surface area contributed by atoms with Gasteiger partial charge in [0.05, 0.1) is 23.7 Å². The van der Waals surface area contributed by atoms with Crippen molar-refractivity contribution >= 4 is 38.3 Å². The largest absolute Gasteiger partial charge is 0.497 e. The van der Waals surface area contributed by atoms with Crippen molar-refractivity contribution in [1.29, 1.82) is 0 Å². The summed E-state index contributed by atoms with van der Waals surface area (Å²) in [6, 6.07) is 12.4. The summed E-state index contributed by atoms with van der Waals surface area (Å²) in [5, 5.41) is 5.05. The van der Waals surface area contributed by atoms with Crippen molar-refractivity contribution in [2.75, 3.05) is 12.4 Å². The zero-order valence-corrected chi connectivity index (χ0v) is 15.7. The van der Waals surface area contributed by atoms with Gasteiger partial charge in [-0.05, 0) is 51.8 Å². The van der Waals surface area contributed by atoms with Crippen LogP contribution in [0.1, 0.15) is 5.56 Å². The topological polar surface area (TPSA) is 51.2 Å². The Bertz CT molecular complexity index is 896. The van der Waals surface area contributed by atoms with Crippen LogP contribution in [0.15, 0.2) is 52.3 Å². The van der Waals surface area contributed by atoms with Crippen molar-refractivity contribution in [2.45, 2.75) is 6.42 Å². The van der Waals surface area contributed by atoms with Gasteiger partial charge in [0.2, 0.25) is 5.91 Å². The molecule has 4 nitrogen and oxygen atoms in total. The summed E-state index contributed by atoms with van der Waals surface area (Å²) in [5.41, 5.74) is 2.02. The predicted octanol–water partition coefficient (Wildman–Crippen LogP) is 4.90. The minimum absolute atomic E-state index is 0.0529. The summed E-state index contributed by atoms with van der Waals surface area (Å²) in [7, 11) is 1.61. The van der Waals surface area contributed by atoms with Gasteiger partial charge in [-0.1, -0.05) is 12.1 Å². The number of benzene rings is 2. The molecule has 0 atom stereocenters. The molecule has 1 heterocycles. The van der Waals surface area contributed by atoms with Crippen LogP contribution in [-0.2, 0) is 11.2 Å². The Morgan fingerprint density at radius 3 is 2.76 bits per heavy atom. The maximum Gasteiger partial charge on any atom is 0.230 e. The molecule has 0 aliphatic heterocycles. The third kappa shape index (κ3) is 4.24. The number of carbonyl (C=O) groups is 1. The van der Waals surface area contributed by atoms with Gasteiger partial charge < -0.3 is 10.1 Å². The number of anilines is 1. The van der Waals surface area contributed by atoms with Crippen molar-refractivity contribution in [3.8, 4) is 17.0 Å². The molecule has 25 heavy (non-hydrogen) atoms. The average Bonchev–Trinajstić information content (AvgIpc) is 3.07. The van der Waals surface area contributed by atoms with Gasteiger partial charge in [0.1, 0.15) is 11.6 Å². The lowest BCUT2D eigenvalue weighted by Gasteiger charge is -2.04. The van der Waals surface area contributed by atoms with Crippen LogP contribution in [-0.4, -0.2) is 18.0 Å². The van der Waals surface area contributed by atoms with E-state index >= 15 is 0 Å². The van der Waals surface area contributed by atoms with Crippen LogP contribution in [0.2, 0.25) is 0 Å². The Morgan fingerprint density at radius 1 is 1.28 bits per heavy atom. The Hall–Kier alpha value is -2.25. The van der Waals surface area contributed by atoms with Crippen LogP contribution in [0.5, 0.6) is 5.75 Å². The average molecular weight is 421 g/mol. The second kappa shape index (κ2) is 7.76. The molecule has 0 saturated carbocycles. The molecule has 128 valence electrons. The van der Waals surface area contributed by atoms with E-state index in [2.05, 4.69) is 26.2 Å². The fourth-order valence-electron chi connectivity index (χ4n) is 2.25. The first-order valence-electron chi connectivity index (χ1n) is 7.39. The number of rotatable bonds is 5. The molecule has 0 aliphatic carbocycles. The number of carbonyl (C=O) groups excluding carboxylic acids is 1. The monoisotopic (exact) mass is 420 g/mol. The highest BCUT2D eigenvalue weighted by atomic mass is 79.9. The molecule has 2 aromatic carbocycles. The minimum atomic E-state index is -0.421. The molecule has 0 spiro atoms. The van der Waals surface area contributed by atoms with E-state index in [1.165, 1.54) is 11.3 Å². The molecule has 0 fully saturated rings. The van der Waals surface area contributed by atoms with Crippen molar-refractivity contribution in [1.82, 2.24) is 4.98 Å². The number of amides is 1. The van der Waals surface area contributed by atoms with Gasteiger partial charge in [-0.25, -0.2) is 9.37 Å². The Labute approximate surface area is 156 Å². The summed E-state index contributed by atoms with van der Waals surface area (Å²) >= 11 is 4.44. The van der Waals surface area contributed by atoms with E-state index in [0.717, 1.165) is 17.0 Å². The summed E-state index contributed by atoms with van der Waals surface area (Å²) in [4.78, 5) is 16.5. The highest BCUT2D eigenvalue weighted by molar-refractivity contribution is 9.10. The van der Waals surface area contributed by atoms with Gasteiger partial charge in [-0.2, -0.15) is 0 Å². The number of methoxy groups -OCH3 is 1. The lowest BCUT2D eigenvalue weighted by molar-refractivity contribution is -0.115. The first-order chi connectivity index (χ1) is 12.1. The van der Waals surface area contributed by atoms with E-state index in [1.54, 1.807) is 25.3 Å². The Morgan fingerprint density at radius 2 is 2.04 bits per heavy atom. The molecule has 1 amide bonds. The second-order valence-corrected chi connectivity index (χ2v) is 6.92. The smallest absolute Gasteiger partial charge is 0.230 e. The van der Waals surface area contributed by atoms with Crippen molar-refractivity contribution in [2.24, 2.45) is 0 Å². The van der Waals surface area contributed by atoms with E-state index < -0.39 is 5.82 Å². The first kappa shape index (κ1) is 17.6. The highest BCUT2D eigenvalue weighted by Gasteiger charge is 2.12. The number of nitrogens with one attached hydrogen (secondary N) is 1. The number of aromatic nitrogens is 1. The molecule has 1 aromatic heterocycles. The van der Waals surface area contributed by atoms with Gasteiger partial charge in [0, 0.05) is 10.9 Å². The van der Waals surface area contributed by atoms with Crippen LogP contribution in [0.25, 0.3) is 11.3 Å². The minimum Gasteiger partial charge on any atom is -0.497 e. The van der Waals surface area contributed by atoms with E-state index in [9.17, 15) is 9.18 Å². The third-order valence-corrected chi connectivity index (χ3v) is 4.89. The maximum atomic E-state index is 13.9. The third-order valence-electron chi connectivity index (χ3n) is 3.52. The number of hydrogen-bond donors (Lipinski definition) is 1. The van der Waals surface area contributed by atoms with Crippen molar-refractivity contribution in [3.63, 3.8) is 0 Å². The van der Waals surface area contributed by atoms with Crippen molar-refractivity contribution < 1.29 is 13.9 Å². The zero-order valence-electron chi connectivity index (χ0n) is 13.3. The molecule has 0 saturated heterocycles. The van der Waals surface area contributed by atoms with Gasteiger partial charge in [0.25, 0.3) is 0 Å². The molecule has 0 aliphatic rings. The fraction of sp³-hybridized carbons (Fsp3) is 0.111. The molecule has 1 N–H and O–H groups in total. The van der Waals surface area contributed by atoms with E-state index in [-0.39, 0.29) is 12.3 Å². The maximum absolute atomic E-state index is 13.9. The van der Waals surface area contributed by atoms with Crippen LogP contribution in [0.4, 0.5) is 9.52 Å². The highest BCUT2D eigenvalue weighted by Crippen LogP contribution is 2.26. The van der Waals surface area contributed by atoms with E-state index in [1.807, 2.05) is 29.6 Å². The number of hydrogen-bond acceptors (Lipinski definition) is 4. The van der Waals surface area contributed by atoms with Gasteiger partial charge >= 0.3 is 0 Å². The molecule has 3 rings (SSSR count). The normalized spacial score (nSPS) is 10.5. The number of ether oxygens (including phenoxy) is 1. The SMILES string of the molecule is COc1ccc(-c2csc(NC(=O)Cc3cccc(Br)c3F)n2)cc1. The van der Waals surface area contributed by atoms with Crippen LogP contribution in [0.3, 0.4) is 0 Å². The molecule has 3 aromatic rings. The summed E-state index contributed by atoms with van der Waals surface area (Å²) in [5.74, 6) is 0.0342. The second-order valence-electron chi connectivity index (χ2n) is 5.20. The van der Waals surface area contributed by atoms with Crippen LogP contribution < -0.4 is 10.1 Å². The first-order valence-corrected chi connectivity index (χ1v) is 9.07. The van der Waals surface area contributed by atoms with Crippen LogP contribution >= 0.6 is 27.3 Å². The lowest BCUT2D eigenvalue weighted by Crippen LogP contribution is -2.15. The van der Waals surface area contributed by atoms with E-state index in [4.69, 9.17) is 4.74 Å². The fourth-order valence-corrected chi connectivity index (χ4v) is 3.39. The van der Waals surface area contributed by atoms with E-state index in [0.29, 0.717) is 15.2 Å². The van der Waals surface area contributed by atoms with Crippen molar-refractivity contribution in [3.05, 3.63) is 63.7 Å². The standard InChI is InChI=1S/C18H14BrFN2O2S/c1-24-13-7-5-11(6-8-13)15-10-25-18(21-15)22-16(23)9-12-3-2-4-14(19)17(12)20/h2-8,10H,9H2,1H3,(H,21,22,23). The zero-order chi connectivity index (χ0) is 17.8. The predicted molar refractivity (Wildman–Crippen MR) is 101 cm³/mol. The quantitative estimate of drug-likeness (QED) is 0.638. The number of thiazole rings is 1. The molecule has 7 heteroatoms. The van der Waals surface area contributed by atoms with Crippen LogP contribution in [0, 0.1) is 5.82 Å². The van der Waals surface area contributed by atoms with Gasteiger partial charge in [-0.15, -0.1) is 11.3 Å². The summed E-state index contributed by atoms with van der Waals surface area (Å²) in [6.07, 6.45) is -0.0529. The Kier molecular flexibility index (Phi) is 5.45. The number of halogens is 2. The van der Waals surface area contributed by atoms with Gasteiger partial charge in [0.15, 0.2) is 5.13 Å². The van der Waals surface area contributed by atoms with Gasteiger partial charge in [-0.3, -0.25) is 4.79 Å². The summed E-state index contributed by atoms with van der Waals surface area (Å²) in [6.45, 7) is 0. The summed E-state index contributed by atoms with van der Waals surface area (Å²) < 4.78 is 19.4. The molecular formula is C18H14BrFN2O2S. The molecule has 0 bridgehead atoms. The number of nitrogens with zero attached hydrogens (tertiary/aromatic N) is 1. The Balaban J connectivity index is 1.68.